The fraction of sp³-hybridized carbons (Fsp3) is 0.500. The standard InChI is InChI=1S/C36H48BrO6S2.Mg.H2/c1-35(2,3)26-44(38,39)31-18-13-28(14-19-31)11-7-9-23-42-30-17-22-34(33(37)25-30)43-24-10-8-12-29-15-20-32(21-16-29)45(40,41)27-36(4,5)6;;/h13-16,18-22,25H,7-12,23-24,26-27H2,1-6H3;;1H. The molecule has 0 heterocycles. The molecule has 2 aromatic rings. The first-order valence-corrected chi connectivity index (χ1v) is 19.6. The van der Waals surface area contributed by atoms with E-state index < -0.39 is 20.4 Å². The van der Waals surface area contributed by atoms with Crippen LogP contribution in [0.3, 0.4) is 0 Å². The highest BCUT2D eigenvalue weighted by Gasteiger charge is 2.23. The van der Waals surface area contributed by atoms with Crippen LogP contribution in [0.2, 0.25) is 0 Å². The molecule has 0 atom stereocenters. The molecule has 0 bridgehead atoms. The molecule has 0 unspecified atom stereocenters. The maximum absolute atomic E-state index is 12.6. The largest absolute Gasteiger partial charge is 0.761 e. The van der Waals surface area contributed by atoms with Gasteiger partial charge in [-0.15, -0.1) is 4.55 Å². The van der Waals surface area contributed by atoms with Crippen molar-refractivity contribution >= 4 is 65.2 Å². The number of sulfone groups is 2. The Morgan fingerprint density at radius 3 is 1.87 bits per heavy atom. The molecule has 0 spiro atoms. The summed E-state index contributed by atoms with van der Waals surface area (Å²) in [5, 5.41) is 0. The number of halogens is 1. The van der Waals surface area contributed by atoms with Gasteiger partial charge >= 0.3 is 5.78 Å². The third-order valence-electron chi connectivity index (χ3n) is 6.88. The van der Waals surface area contributed by atoms with E-state index in [1.54, 1.807) is 30.3 Å². The van der Waals surface area contributed by atoms with Crippen LogP contribution in [0.25, 0.3) is 0 Å². The smallest absolute Gasteiger partial charge is 0.365 e. The maximum atomic E-state index is 12.6. The summed E-state index contributed by atoms with van der Waals surface area (Å²) in [4.78, 5) is 0.763. The zero-order valence-electron chi connectivity index (χ0n) is 28.2. The van der Waals surface area contributed by atoms with E-state index in [0.717, 1.165) is 54.1 Å². The van der Waals surface area contributed by atoms with Crippen molar-refractivity contribution in [2.45, 2.75) is 89.9 Å². The maximum Gasteiger partial charge on any atom is 0.365 e. The number of hydrogen-bond donors (Lipinski definition) is 0. The van der Waals surface area contributed by atoms with Crippen molar-refractivity contribution in [2.75, 3.05) is 24.7 Å². The van der Waals surface area contributed by atoms with Crippen LogP contribution in [0, 0.1) is 10.8 Å². The van der Waals surface area contributed by atoms with Gasteiger partial charge in [0.1, 0.15) is 4.48 Å². The molecule has 0 aromatic heterocycles. The molecule has 0 aliphatic heterocycles. The molecule has 6 nitrogen and oxygen atoms in total. The van der Waals surface area contributed by atoms with Gasteiger partial charge in [0.2, 0.25) is 0 Å². The molecule has 0 amide bonds. The van der Waals surface area contributed by atoms with Crippen LogP contribution in [0.1, 0.15) is 79.8 Å². The zero-order valence-corrected chi connectivity index (χ0v) is 32.8. The van der Waals surface area contributed by atoms with Crippen LogP contribution >= 0.6 is 26.5 Å². The van der Waals surface area contributed by atoms with Crippen molar-refractivity contribution in [1.29, 1.82) is 0 Å². The lowest BCUT2D eigenvalue weighted by Gasteiger charge is -2.46. The summed E-state index contributed by atoms with van der Waals surface area (Å²) in [5.74, 6) is 1.62. The average Bonchev–Trinajstić information content (AvgIpc) is 2.91. The lowest BCUT2D eigenvalue weighted by Crippen LogP contribution is -2.20. The molecular weight excluding hydrogens is 697 g/mol. The van der Waals surface area contributed by atoms with Crippen LogP contribution in [-0.2, 0) is 36.4 Å². The summed E-state index contributed by atoms with van der Waals surface area (Å²) in [6.45, 7) is 12.7. The number of aryl methyl sites for hydroxylation is 2. The molecule has 0 saturated heterocycles. The van der Waals surface area contributed by atoms with Gasteiger partial charge in [0.15, 0.2) is 15.6 Å². The molecule has 3 rings (SSSR count). The predicted molar refractivity (Wildman–Crippen MR) is 194 cm³/mol. The first-order valence-electron chi connectivity index (χ1n) is 15.5. The van der Waals surface area contributed by atoms with Crippen molar-refractivity contribution in [1.82, 2.24) is 0 Å². The molecular formula is C36H50BrMgO6S2. The summed E-state index contributed by atoms with van der Waals surface area (Å²) < 4.78 is 62.9. The van der Waals surface area contributed by atoms with Crippen molar-refractivity contribution < 1.29 is 28.1 Å². The van der Waals surface area contributed by atoms with Crippen LogP contribution in [-0.4, -0.2) is 66.5 Å². The monoisotopic (exact) mass is 745 g/mol. The molecule has 3 radical (unpaired) electrons. The summed E-state index contributed by atoms with van der Waals surface area (Å²) in [5.41, 5.74) is 4.80. The minimum absolute atomic E-state index is 0. The van der Waals surface area contributed by atoms with Crippen LogP contribution in [0.5, 0.6) is 0 Å². The van der Waals surface area contributed by atoms with Gasteiger partial charge in [0.25, 0.3) is 6.61 Å². The van der Waals surface area contributed by atoms with Gasteiger partial charge < -0.3 is 9.29 Å². The van der Waals surface area contributed by atoms with E-state index in [4.69, 9.17) is 9.16 Å². The summed E-state index contributed by atoms with van der Waals surface area (Å²) in [7, 11) is -6.56. The Balaban J connectivity index is 0.00000552. The SMILES string of the molecule is CC(C)(C)CS([O])([O-])c1ccc(CCCCOC2=C=CC(=[O+]CCCCc3ccc(S(=O)(=O)CC(C)(C)C)cc3)C(Br)=C2)cc1.[HH].[Mg]. The molecule has 1 aliphatic rings. The van der Waals surface area contributed by atoms with E-state index in [2.05, 4.69) is 21.7 Å². The van der Waals surface area contributed by atoms with Gasteiger partial charge in [-0.2, -0.15) is 0 Å². The highest BCUT2D eigenvalue weighted by Crippen LogP contribution is 2.52. The molecule has 46 heavy (non-hydrogen) atoms. The van der Waals surface area contributed by atoms with Gasteiger partial charge in [-0.1, -0.05) is 71.5 Å². The van der Waals surface area contributed by atoms with E-state index in [1.165, 1.54) is 0 Å². The number of ketones is 1. The fourth-order valence-electron chi connectivity index (χ4n) is 4.89. The lowest BCUT2D eigenvalue weighted by molar-refractivity contribution is -0.456. The molecule has 0 fully saturated rings. The lowest BCUT2D eigenvalue weighted by atomic mass is 10.0. The van der Waals surface area contributed by atoms with Gasteiger partial charge in [-0.05, 0) is 94.3 Å². The van der Waals surface area contributed by atoms with Crippen LogP contribution in [0.4, 0.5) is 0 Å². The Bertz CT molecular complexity index is 1520. The Morgan fingerprint density at radius 1 is 0.826 bits per heavy atom. The number of hydrogen-bond acceptors (Lipinski definition) is 4. The second kappa shape index (κ2) is 17.9. The van der Waals surface area contributed by atoms with E-state index in [0.29, 0.717) is 34.5 Å². The number of rotatable bonds is 15. The number of carbonyl (C=O) groups excluding carboxylic acids is 1. The first-order chi connectivity index (χ1) is 20.9. The number of unbranched alkanes of at least 4 members (excludes halogenated alkanes) is 2. The third kappa shape index (κ3) is 14.4. The second-order valence-electron chi connectivity index (χ2n) is 14.0. The highest BCUT2D eigenvalue weighted by atomic mass is 79.9. The Morgan fingerprint density at radius 2 is 1.35 bits per heavy atom. The zero-order chi connectivity index (χ0) is 33.3. The Hall–Kier alpha value is -1.36. The Labute approximate surface area is 304 Å². The summed E-state index contributed by atoms with van der Waals surface area (Å²) in [6, 6.07) is 14.5. The first kappa shape index (κ1) is 40.8. The topological polar surface area (TPSA) is 97.6 Å². The second-order valence-corrected chi connectivity index (χ2v) is 18.9. The average molecular weight is 747 g/mol. The quantitative estimate of drug-likeness (QED) is 0.0788. The van der Waals surface area contributed by atoms with Gasteiger partial charge in [-0.3, -0.25) is 15.0 Å². The minimum atomic E-state index is -3.28. The number of allylic oxidation sites excluding steroid dienone is 2. The van der Waals surface area contributed by atoms with Crippen molar-refractivity contribution in [3.63, 3.8) is 0 Å². The van der Waals surface area contributed by atoms with Crippen molar-refractivity contribution in [3.8, 4) is 0 Å². The van der Waals surface area contributed by atoms with Gasteiger partial charge in [0.05, 0.1) is 23.3 Å². The van der Waals surface area contributed by atoms with E-state index in [-0.39, 0.29) is 46.8 Å². The molecule has 2 aromatic carbocycles. The molecule has 0 saturated carbocycles. The molecule has 251 valence electrons. The van der Waals surface area contributed by atoms with Crippen LogP contribution < -0.4 is 0 Å². The molecule has 1 aliphatic carbocycles. The van der Waals surface area contributed by atoms with E-state index in [1.807, 2.05) is 71.9 Å². The minimum Gasteiger partial charge on any atom is -0.761 e. The van der Waals surface area contributed by atoms with Crippen molar-refractivity contribution in [2.24, 2.45) is 10.8 Å². The predicted octanol–water partition coefficient (Wildman–Crippen LogP) is 8.86. The third-order valence-corrected chi connectivity index (χ3v) is 12.0. The summed E-state index contributed by atoms with van der Waals surface area (Å²) in [6.07, 6.45) is 8.94. The van der Waals surface area contributed by atoms with Crippen molar-refractivity contribution in [3.05, 3.63) is 87.8 Å². The molecule has 0 N–H and O–H groups in total. The van der Waals surface area contributed by atoms with E-state index >= 15 is 0 Å². The van der Waals surface area contributed by atoms with E-state index in [9.17, 15) is 17.5 Å². The normalized spacial score (nSPS) is 16.7. The van der Waals surface area contributed by atoms with Gasteiger partial charge in [0, 0.05) is 47.6 Å². The van der Waals surface area contributed by atoms with Gasteiger partial charge in [-0.25, -0.2) is 8.42 Å². The summed E-state index contributed by atoms with van der Waals surface area (Å²) >= 11 is 3.57. The number of benzene rings is 2. The number of ether oxygens (including phenoxy) is 1. The fourth-order valence-corrected chi connectivity index (χ4v) is 9.04. The highest BCUT2D eigenvalue weighted by molar-refractivity contribution is 9.12. The van der Waals surface area contributed by atoms with Crippen LogP contribution in [0.15, 0.2) is 86.4 Å². The Kier molecular flexibility index (Phi) is 15.8. The molecule has 10 heteroatoms.